The van der Waals surface area contributed by atoms with Gasteiger partial charge in [0.15, 0.2) is 11.6 Å². The Balaban J connectivity index is 2.55. The Labute approximate surface area is 88.6 Å². The number of rotatable bonds is 5. The maximum Gasteiger partial charge on any atom is 0.166 e. The van der Waals surface area contributed by atoms with Gasteiger partial charge >= 0.3 is 0 Å². The Morgan fingerprint density at radius 1 is 1.53 bits per heavy atom. The summed E-state index contributed by atoms with van der Waals surface area (Å²) >= 11 is 0. The first-order valence-electron chi connectivity index (χ1n) is 4.71. The molecule has 3 heteroatoms. The highest BCUT2D eigenvalue weighted by Gasteiger charge is 2.03. The predicted octanol–water partition coefficient (Wildman–Crippen LogP) is 3.04. The van der Waals surface area contributed by atoms with Crippen LogP contribution in [0.15, 0.2) is 30.9 Å². The van der Waals surface area contributed by atoms with Crippen molar-refractivity contribution in [1.82, 2.24) is 0 Å². The maximum absolute atomic E-state index is 13.3. The summed E-state index contributed by atoms with van der Waals surface area (Å²) < 4.78 is 18.5. The van der Waals surface area contributed by atoms with Gasteiger partial charge in [0.1, 0.15) is 0 Å². The van der Waals surface area contributed by atoms with Gasteiger partial charge in [-0.15, -0.1) is 6.58 Å². The van der Waals surface area contributed by atoms with Crippen molar-refractivity contribution in [1.29, 1.82) is 5.26 Å². The van der Waals surface area contributed by atoms with Crippen LogP contribution in [0.5, 0.6) is 5.75 Å². The zero-order chi connectivity index (χ0) is 11.1. The number of ether oxygens (including phenoxy) is 1. The zero-order valence-corrected chi connectivity index (χ0v) is 8.37. The first-order valence-corrected chi connectivity index (χ1v) is 4.71. The van der Waals surface area contributed by atoms with Crippen LogP contribution in [0.1, 0.15) is 18.4 Å². The Morgan fingerprint density at radius 2 is 2.33 bits per heavy atom. The summed E-state index contributed by atoms with van der Waals surface area (Å²) in [6, 6.07) is 6.04. The number of halogens is 1. The van der Waals surface area contributed by atoms with Gasteiger partial charge in [-0.2, -0.15) is 5.26 Å². The lowest BCUT2D eigenvalue weighted by atomic mass is 10.2. The number of nitriles is 1. The van der Waals surface area contributed by atoms with E-state index in [-0.39, 0.29) is 5.75 Å². The highest BCUT2D eigenvalue weighted by molar-refractivity contribution is 5.35. The fourth-order valence-corrected chi connectivity index (χ4v) is 1.10. The lowest BCUT2D eigenvalue weighted by molar-refractivity contribution is 0.296. The molecule has 1 aromatic rings. The predicted molar refractivity (Wildman–Crippen MR) is 56.0 cm³/mol. The lowest BCUT2D eigenvalue weighted by Gasteiger charge is -2.05. The minimum atomic E-state index is -0.493. The monoisotopic (exact) mass is 205 g/mol. The molecule has 15 heavy (non-hydrogen) atoms. The number of allylic oxidation sites excluding steroid dienone is 1. The molecular weight excluding hydrogens is 193 g/mol. The largest absolute Gasteiger partial charge is 0.491 e. The van der Waals surface area contributed by atoms with Crippen LogP contribution in [-0.2, 0) is 0 Å². The Kier molecular flexibility index (Phi) is 4.36. The SMILES string of the molecule is C=CCCCOc1ccc(C#N)cc1F. The molecule has 0 aromatic heterocycles. The van der Waals surface area contributed by atoms with Gasteiger partial charge in [-0.25, -0.2) is 4.39 Å². The first-order chi connectivity index (χ1) is 7.27. The fourth-order valence-electron chi connectivity index (χ4n) is 1.10. The van der Waals surface area contributed by atoms with Crippen molar-refractivity contribution >= 4 is 0 Å². The molecule has 0 aliphatic carbocycles. The third kappa shape index (κ3) is 3.43. The third-order valence-corrected chi connectivity index (χ3v) is 1.87. The topological polar surface area (TPSA) is 33.0 Å². The average Bonchev–Trinajstić information content (AvgIpc) is 2.26. The van der Waals surface area contributed by atoms with Crippen molar-refractivity contribution in [3.8, 4) is 11.8 Å². The molecule has 0 fully saturated rings. The van der Waals surface area contributed by atoms with E-state index in [0.717, 1.165) is 12.8 Å². The first kappa shape index (κ1) is 11.3. The average molecular weight is 205 g/mol. The standard InChI is InChI=1S/C12H12FNO/c1-2-3-4-7-15-12-6-5-10(9-14)8-11(12)13/h2,5-6,8H,1,3-4,7H2. The highest BCUT2D eigenvalue weighted by Crippen LogP contribution is 2.18. The molecule has 0 bridgehead atoms. The van der Waals surface area contributed by atoms with Crippen LogP contribution in [0.4, 0.5) is 4.39 Å². The number of benzene rings is 1. The summed E-state index contributed by atoms with van der Waals surface area (Å²) in [4.78, 5) is 0. The molecular formula is C12H12FNO. The molecule has 0 N–H and O–H groups in total. The summed E-state index contributed by atoms with van der Waals surface area (Å²) in [6.07, 6.45) is 3.44. The van der Waals surface area contributed by atoms with Crippen LogP contribution < -0.4 is 4.74 Å². The van der Waals surface area contributed by atoms with Gasteiger partial charge in [0.2, 0.25) is 0 Å². The summed E-state index contributed by atoms with van der Waals surface area (Å²) in [5.41, 5.74) is 0.297. The van der Waals surface area contributed by atoms with Crippen molar-refractivity contribution < 1.29 is 9.13 Å². The van der Waals surface area contributed by atoms with Gasteiger partial charge in [-0.3, -0.25) is 0 Å². The molecule has 0 aliphatic rings. The molecule has 0 saturated heterocycles. The van der Waals surface area contributed by atoms with Crippen LogP contribution in [0.25, 0.3) is 0 Å². The normalized spacial score (nSPS) is 9.33. The Morgan fingerprint density at radius 3 is 2.93 bits per heavy atom. The van der Waals surface area contributed by atoms with Crippen LogP contribution in [0, 0.1) is 17.1 Å². The molecule has 0 aliphatic heterocycles. The van der Waals surface area contributed by atoms with Crippen LogP contribution in [0.2, 0.25) is 0 Å². The smallest absolute Gasteiger partial charge is 0.166 e. The molecule has 0 amide bonds. The molecule has 78 valence electrons. The van der Waals surface area contributed by atoms with E-state index in [2.05, 4.69) is 6.58 Å². The number of unbranched alkanes of at least 4 members (excludes halogenated alkanes) is 1. The van der Waals surface area contributed by atoms with Gasteiger partial charge in [-0.1, -0.05) is 6.08 Å². The highest BCUT2D eigenvalue weighted by atomic mass is 19.1. The van der Waals surface area contributed by atoms with E-state index in [0.29, 0.717) is 12.2 Å². The number of hydrogen-bond donors (Lipinski definition) is 0. The van der Waals surface area contributed by atoms with E-state index >= 15 is 0 Å². The van der Waals surface area contributed by atoms with Crippen LogP contribution in [-0.4, -0.2) is 6.61 Å². The van der Waals surface area contributed by atoms with Crippen molar-refractivity contribution in [2.75, 3.05) is 6.61 Å². The van der Waals surface area contributed by atoms with Gasteiger partial charge in [0, 0.05) is 0 Å². The molecule has 2 nitrogen and oxygen atoms in total. The fraction of sp³-hybridized carbons (Fsp3) is 0.250. The summed E-state index contributed by atoms with van der Waals surface area (Å²) in [6.45, 7) is 4.03. The van der Waals surface area contributed by atoms with E-state index in [1.165, 1.54) is 18.2 Å². The van der Waals surface area contributed by atoms with Crippen LogP contribution in [0.3, 0.4) is 0 Å². The van der Waals surface area contributed by atoms with Gasteiger partial charge in [0.25, 0.3) is 0 Å². The quantitative estimate of drug-likeness (QED) is 0.546. The molecule has 0 atom stereocenters. The van der Waals surface area contributed by atoms with E-state index in [9.17, 15) is 4.39 Å². The van der Waals surface area contributed by atoms with Crippen molar-refractivity contribution in [2.45, 2.75) is 12.8 Å². The molecule has 0 spiro atoms. The van der Waals surface area contributed by atoms with Gasteiger partial charge < -0.3 is 4.74 Å². The molecule has 0 heterocycles. The second-order valence-corrected chi connectivity index (χ2v) is 3.04. The lowest BCUT2D eigenvalue weighted by Crippen LogP contribution is -1.98. The summed E-state index contributed by atoms with van der Waals surface area (Å²) in [5, 5.41) is 8.53. The number of nitrogens with zero attached hydrogens (tertiary/aromatic N) is 1. The third-order valence-electron chi connectivity index (χ3n) is 1.87. The van der Waals surface area contributed by atoms with E-state index in [4.69, 9.17) is 10.00 Å². The molecule has 0 unspecified atom stereocenters. The van der Waals surface area contributed by atoms with Gasteiger partial charge in [0.05, 0.1) is 18.2 Å². The van der Waals surface area contributed by atoms with Gasteiger partial charge in [-0.05, 0) is 31.0 Å². The zero-order valence-electron chi connectivity index (χ0n) is 8.37. The van der Waals surface area contributed by atoms with Crippen LogP contribution >= 0.6 is 0 Å². The minimum absolute atomic E-state index is 0.193. The molecule has 1 aromatic carbocycles. The second kappa shape index (κ2) is 5.82. The second-order valence-electron chi connectivity index (χ2n) is 3.04. The summed E-state index contributed by atoms with van der Waals surface area (Å²) in [5.74, 6) is -0.300. The number of hydrogen-bond acceptors (Lipinski definition) is 2. The Bertz CT molecular complexity index is 382. The minimum Gasteiger partial charge on any atom is -0.491 e. The molecule has 1 rings (SSSR count). The van der Waals surface area contributed by atoms with Crippen molar-refractivity contribution in [2.24, 2.45) is 0 Å². The molecule has 0 saturated carbocycles. The maximum atomic E-state index is 13.3. The van der Waals surface area contributed by atoms with Crippen molar-refractivity contribution in [3.05, 3.63) is 42.2 Å². The van der Waals surface area contributed by atoms with E-state index in [1.54, 1.807) is 6.08 Å². The molecule has 0 radical (unpaired) electrons. The summed E-state index contributed by atoms with van der Waals surface area (Å²) in [7, 11) is 0. The van der Waals surface area contributed by atoms with E-state index in [1.807, 2.05) is 6.07 Å². The van der Waals surface area contributed by atoms with Crippen molar-refractivity contribution in [3.63, 3.8) is 0 Å². The van der Waals surface area contributed by atoms with E-state index < -0.39 is 5.82 Å². The Hall–Kier alpha value is -1.82.